The molecule has 0 saturated carbocycles. The zero-order chi connectivity index (χ0) is 16.9. The van der Waals surface area contributed by atoms with Gasteiger partial charge in [0.2, 0.25) is 0 Å². The minimum atomic E-state index is -0.954. The minimum absolute atomic E-state index is 0.0668. The number of aliphatic hydroxyl groups excluding tert-OH is 2. The lowest BCUT2D eigenvalue weighted by Gasteiger charge is -2.26. The molecule has 1 atom stereocenters. The van der Waals surface area contributed by atoms with E-state index in [-0.39, 0.29) is 12.2 Å². The molecular formula is C15H23FN2O4. The maximum Gasteiger partial charge on any atom is 0.414 e. The van der Waals surface area contributed by atoms with Crippen LogP contribution in [0.3, 0.4) is 0 Å². The minimum Gasteiger partial charge on any atom is -0.443 e. The van der Waals surface area contributed by atoms with Gasteiger partial charge in [0.25, 0.3) is 0 Å². The van der Waals surface area contributed by atoms with E-state index in [4.69, 9.17) is 9.84 Å². The van der Waals surface area contributed by atoms with E-state index < -0.39 is 30.2 Å². The molecule has 3 N–H and O–H groups in total. The standard InChI is InChI=1S/C15H23FN2O4/c1-15(2,3)22-14(21)18(4)13-7-10(16)5-6-12(13)17-8-11(20)9-19/h5-7,11,17,19-20H,8-9H2,1-4H3. The molecule has 1 amide bonds. The van der Waals surface area contributed by atoms with Crippen LogP contribution in [0.5, 0.6) is 0 Å². The van der Waals surface area contributed by atoms with E-state index in [2.05, 4.69) is 5.32 Å². The third-order valence-corrected chi connectivity index (χ3v) is 2.73. The molecule has 0 fully saturated rings. The first kappa shape index (κ1) is 18.2. The van der Waals surface area contributed by atoms with Gasteiger partial charge >= 0.3 is 6.09 Å². The Hall–Kier alpha value is -1.86. The molecule has 0 radical (unpaired) electrons. The highest BCUT2D eigenvalue weighted by Gasteiger charge is 2.22. The topological polar surface area (TPSA) is 82.0 Å². The first-order chi connectivity index (χ1) is 10.1. The van der Waals surface area contributed by atoms with E-state index in [9.17, 15) is 14.3 Å². The molecule has 22 heavy (non-hydrogen) atoms. The Balaban J connectivity index is 2.95. The molecule has 0 aliphatic rings. The van der Waals surface area contributed by atoms with E-state index in [1.54, 1.807) is 20.8 Å². The number of ether oxygens (including phenoxy) is 1. The van der Waals surface area contributed by atoms with Crippen molar-refractivity contribution in [2.24, 2.45) is 0 Å². The van der Waals surface area contributed by atoms with Crippen molar-refractivity contribution in [3.8, 4) is 0 Å². The summed E-state index contributed by atoms with van der Waals surface area (Å²) in [7, 11) is 1.47. The Bertz CT molecular complexity index is 517. The number of amides is 1. The summed E-state index contributed by atoms with van der Waals surface area (Å²) < 4.78 is 18.7. The zero-order valence-electron chi connectivity index (χ0n) is 13.3. The highest BCUT2D eigenvalue weighted by molar-refractivity contribution is 5.91. The maximum atomic E-state index is 13.5. The maximum absolute atomic E-state index is 13.5. The Morgan fingerprint density at radius 3 is 2.64 bits per heavy atom. The molecule has 0 saturated heterocycles. The fraction of sp³-hybridized carbons (Fsp3) is 0.533. The molecular weight excluding hydrogens is 291 g/mol. The average Bonchev–Trinajstić information content (AvgIpc) is 2.42. The van der Waals surface area contributed by atoms with Crippen molar-refractivity contribution in [2.45, 2.75) is 32.5 Å². The molecule has 1 unspecified atom stereocenters. The van der Waals surface area contributed by atoms with E-state index in [0.29, 0.717) is 5.69 Å². The third-order valence-electron chi connectivity index (χ3n) is 2.73. The van der Waals surface area contributed by atoms with Crippen molar-refractivity contribution < 1.29 is 24.1 Å². The monoisotopic (exact) mass is 314 g/mol. The lowest BCUT2D eigenvalue weighted by atomic mass is 10.2. The van der Waals surface area contributed by atoms with Crippen molar-refractivity contribution in [3.05, 3.63) is 24.0 Å². The van der Waals surface area contributed by atoms with Gasteiger partial charge in [-0.15, -0.1) is 0 Å². The van der Waals surface area contributed by atoms with Gasteiger partial charge in [-0.2, -0.15) is 0 Å². The summed E-state index contributed by atoms with van der Waals surface area (Å²) >= 11 is 0. The van der Waals surface area contributed by atoms with Gasteiger partial charge in [-0.1, -0.05) is 0 Å². The highest BCUT2D eigenvalue weighted by atomic mass is 19.1. The second-order valence-electron chi connectivity index (χ2n) is 5.92. The molecule has 0 aromatic heterocycles. The number of nitrogens with one attached hydrogen (secondary N) is 1. The SMILES string of the molecule is CN(C(=O)OC(C)(C)C)c1cc(F)ccc1NCC(O)CO. The summed E-state index contributed by atoms with van der Waals surface area (Å²) in [4.78, 5) is 13.3. The molecule has 1 aromatic rings. The average molecular weight is 314 g/mol. The van der Waals surface area contributed by atoms with Gasteiger partial charge in [0.05, 0.1) is 24.1 Å². The number of aliphatic hydroxyl groups is 2. The van der Waals surface area contributed by atoms with Crippen molar-refractivity contribution in [2.75, 3.05) is 30.4 Å². The number of hydrogen-bond donors (Lipinski definition) is 3. The number of rotatable bonds is 5. The Morgan fingerprint density at radius 2 is 2.09 bits per heavy atom. The summed E-state index contributed by atoms with van der Waals surface area (Å²) in [6.07, 6.45) is -1.58. The van der Waals surface area contributed by atoms with Gasteiger partial charge in [-0.3, -0.25) is 4.90 Å². The predicted molar refractivity (Wildman–Crippen MR) is 82.6 cm³/mol. The molecule has 1 aromatic carbocycles. The van der Waals surface area contributed by atoms with Gasteiger partial charge in [-0.25, -0.2) is 9.18 Å². The van der Waals surface area contributed by atoms with Crippen molar-refractivity contribution in [1.29, 1.82) is 0 Å². The van der Waals surface area contributed by atoms with Crippen LogP contribution in [0.4, 0.5) is 20.6 Å². The van der Waals surface area contributed by atoms with E-state index in [0.717, 1.165) is 0 Å². The second-order valence-corrected chi connectivity index (χ2v) is 5.92. The van der Waals surface area contributed by atoms with Crippen LogP contribution in [-0.2, 0) is 4.74 Å². The van der Waals surface area contributed by atoms with E-state index in [1.807, 2.05) is 0 Å². The summed E-state index contributed by atoms with van der Waals surface area (Å²) in [6, 6.07) is 3.88. The number of carbonyl (C=O) groups is 1. The third kappa shape index (κ3) is 5.50. The largest absolute Gasteiger partial charge is 0.443 e. The fourth-order valence-corrected chi connectivity index (χ4v) is 1.65. The van der Waals surface area contributed by atoms with Crippen LogP contribution in [0.1, 0.15) is 20.8 Å². The van der Waals surface area contributed by atoms with Crippen LogP contribution in [0.15, 0.2) is 18.2 Å². The molecule has 124 valence electrons. The Kier molecular flexibility index (Phi) is 6.13. The van der Waals surface area contributed by atoms with E-state index in [1.165, 1.54) is 30.1 Å². The van der Waals surface area contributed by atoms with Crippen LogP contribution in [-0.4, -0.2) is 48.2 Å². The number of anilines is 2. The summed E-state index contributed by atoms with van der Waals surface area (Å²) in [5, 5.41) is 21.1. The van der Waals surface area contributed by atoms with Gasteiger partial charge in [0, 0.05) is 13.6 Å². The first-order valence-electron chi connectivity index (χ1n) is 6.93. The van der Waals surface area contributed by atoms with Crippen LogP contribution < -0.4 is 10.2 Å². The fourth-order valence-electron chi connectivity index (χ4n) is 1.65. The number of carbonyl (C=O) groups excluding carboxylic acids is 1. The summed E-state index contributed by atoms with van der Waals surface area (Å²) in [6.45, 7) is 4.88. The van der Waals surface area contributed by atoms with Crippen molar-refractivity contribution in [1.82, 2.24) is 0 Å². The quantitative estimate of drug-likeness (QED) is 0.774. The van der Waals surface area contributed by atoms with Crippen LogP contribution in [0, 0.1) is 5.82 Å². The number of benzene rings is 1. The smallest absolute Gasteiger partial charge is 0.414 e. The number of halogens is 1. The predicted octanol–water partition coefficient (Wildman–Crippen LogP) is 1.96. The van der Waals surface area contributed by atoms with Gasteiger partial charge in [0.1, 0.15) is 11.4 Å². The highest BCUT2D eigenvalue weighted by Crippen LogP contribution is 2.27. The second kappa shape index (κ2) is 7.42. The number of hydrogen-bond acceptors (Lipinski definition) is 5. The molecule has 6 nitrogen and oxygen atoms in total. The Labute approximate surface area is 129 Å². The molecule has 0 heterocycles. The van der Waals surface area contributed by atoms with E-state index >= 15 is 0 Å². The van der Waals surface area contributed by atoms with Crippen LogP contribution in [0.2, 0.25) is 0 Å². The molecule has 0 aliphatic heterocycles. The summed E-state index contributed by atoms with van der Waals surface area (Å²) in [5.41, 5.74) is 0.0564. The zero-order valence-corrected chi connectivity index (χ0v) is 13.3. The normalized spacial score (nSPS) is 12.7. The molecule has 0 spiro atoms. The van der Waals surface area contributed by atoms with Gasteiger partial charge in [-0.05, 0) is 39.0 Å². The molecule has 1 rings (SSSR count). The molecule has 0 aliphatic carbocycles. The van der Waals surface area contributed by atoms with Gasteiger partial charge < -0.3 is 20.3 Å². The van der Waals surface area contributed by atoms with Crippen molar-refractivity contribution in [3.63, 3.8) is 0 Å². The lowest BCUT2D eigenvalue weighted by molar-refractivity contribution is 0.0589. The Morgan fingerprint density at radius 1 is 1.45 bits per heavy atom. The molecule has 0 bridgehead atoms. The van der Waals surface area contributed by atoms with Crippen LogP contribution >= 0.6 is 0 Å². The number of nitrogens with zero attached hydrogens (tertiary/aromatic N) is 1. The molecule has 7 heteroatoms. The summed E-state index contributed by atoms with van der Waals surface area (Å²) in [5.74, 6) is -0.501. The van der Waals surface area contributed by atoms with Crippen LogP contribution in [0.25, 0.3) is 0 Å². The van der Waals surface area contributed by atoms with Crippen molar-refractivity contribution >= 4 is 17.5 Å². The van der Waals surface area contributed by atoms with Gasteiger partial charge in [0.15, 0.2) is 0 Å². The lowest BCUT2D eigenvalue weighted by Crippen LogP contribution is -2.34. The first-order valence-corrected chi connectivity index (χ1v) is 6.93.